The van der Waals surface area contributed by atoms with E-state index in [2.05, 4.69) is 0 Å². The summed E-state index contributed by atoms with van der Waals surface area (Å²) in [6, 6.07) is 0. The molecule has 1 aliphatic carbocycles. The summed E-state index contributed by atoms with van der Waals surface area (Å²) in [6.07, 6.45) is 6.52. The zero-order chi connectivity index (χ0) is 15.2. The molecule has 1 saturated heterocycles. The van der Waals surface area contributed by atoms with Crippen LogP contribution in [-0.4, -0.2) is 42.8 Å². The normalized spacial score (nSPS) is 18.1. The standard InChI is InChI=1S/C16H23NO4/c1-3-20-14(21-4-2)10-7-11-17-15(18)12-8-5-6-9-13(12)16(17)19/h8-9,14H,3-7,10-11H2,1-2H3. The van der Waals surface area contributed by atoms with Crippen molar-refractivity contribution in [2.45, 2.75) is 45.8 Å². The molecule has 21 heavy (non-hydrogen) atoms. The average Bonchev–Trinajstić information content (AvgIpc) is 2.73. The van der Waals surface area contributed by atoms with Crippen molar-refractivity contribution >= 4 is 11.8 Å². The van der Waals surface area contributed by atoms with Crippen LogP contribution in [0.25, 0.3) is 0 Å². The van der Waals surface area contributed by atoms with Crippen LogP contribution in [0.2, 0.25) is 0 Å². The molecule has 0 atom stereocenters. The minimum atomic E-state index is -0.256. The number of carbonyl (C=O) groups excluding carboxylic acids is 2. The molecule has 0 aromatic carbocycles. The molecular formula is C16H23NO4. The zero-order valence-corrected chi connectivity index (χ0v) is 12.8. The summed E-state index contributed by atoms with van der Waals surface area (Å²) in [6.45, 7) is 5.44. The molecule has 2 aliphatic rings. The molecule has 0 unspecified atom stereocenters. The van der Waals surface area contributed by atoms with Gasteiger partial charge in [-0.05, 0) is 33.1 Å². The number of allylic oxidation sites excluding steroid dienone is 2. The second-order valence-electron chi connectivity index (χ2n) is 5.06. The van der Waals surface area contributed by atoms with E-state index in [1.165, 1.54) is 4.90 Å². The highest BCUT2D eigenvalue weighted by Crippen LogP contribution is 2.29. The van der Waals surface area contributed by atoms with Crippen LogP contribution in [0.4, 0.5) is 0 Å². The first kappa shape index (κ1) is 15.9. The molecule has 1 aliphatic heterocycles. The highest BCUT2D eigenvalue weighted by Gasteiger charge is 2.38. The molecule has 1 heterocycles. The highest BCUT2D eigenvalue weighted by atomic mass is 16.7. The number of imide groups is 1. The maximum absolute atomic E-state index is 12.2. The third-order valence-electron chi connectivity index (χ3n) is 3.63. The van der Waals surface area contributed by atoms with E-state index in [1.54, 1.807) is 0 Å². The van der Waals surface area contributed by atoms with Gasteiger partial charge in [-0.25, -0.2) is 0 Å². The first-order valence-corrected chi connectivity index (χ1v) is 7.69. The average molecular weight is 293 g/mol. The van der Waals surface area contributed by atoms with Gasteiger partial charge in [-0.2, -0.15) is 0 Å². The van der Waals surface area contributed by atoms with Crippen molar-refractivity contribution < 1.29 is 19.1 Å². The number of nitrogens with zero attached hydrogens (tertiary/aromatic N) is 1. The van der Waals surface area contributed by atoms with Gasteiger partial charge in [0.25, 0.3) is 11.8 Å². The Balaban J connectivity index is 1.88. The SMILES string of the molecule is CCOC(CCCN1C(=O)C2=CCCC=C2C1=O)OCC. The second kappa shape index (κ2) is 7.52. The van der Waals surface area contributed by atoms with Gasteiger partial charge in [0.05, 0.1) is 0 Å². The zero-order valence-electron chi connectivity index (χ0n) is 12.8. The summed E-state index contributed by atoms with van der Waals surface area (Å²) in [5.41, 5.74) is 1.16. The molecular weight excluding hydrogens is 270 g/mol. The minimum Gasteiger partial charge on any atom is -0.353 e. The Labute approximate surface area is 125 Å². The van der Waals surface area contributed by atoms with Crippen molar-refractivity contribution in [3.8, 4) is 0 Å². The highest BCUT2D eigenvalue weighted by molar-refractivity contribution is 6.24. The molecule has 116 valence electrons. The van der Waals surface area contributed by atoms with Crippen LogP contribution >= 0.6 is 0 Å². The topological polar surface area (TPSA) is 55.8 Å². The van der Waals surface area contributed by atoms with Crippen molar-refractivity contribution in [1.29, 1.82) is 0 Å². The molecule has 0 bridgehead atoms. The number of fused-ring (bicyclic) bond motifs is 1. The second-order valence-corrected chi connectivity index (χ2v) is 5.06. The molecule has 0 spiro atoms. The summed E-state index contributed by atoms with van der Waals surface area (Å²) >= 11 is 0. The van der Waals surface area contributed by atoms with Crippen LogP contribution in [0, 0.1) is 0 Å². The molecule has 0 N–H and O–H groups in total. The molecule has 0 aromatic rings. The lowest BCUT2D eigenvalue weighted by molar-refractivity contribution is -0.144. The molecule has 0 saturated carbocycles. The predicted molar refractivity (Wildman–Crippen MR) is 78.4 cm³/mol. The lowest BCUT2D eigenvalue weighted by Crippen LogP contribution is -2.31. The third-order valence-corrected chi connectivity index (χ3v) is 3.63. The maximum atomic E-state index is 12.2. The van der Waals surface area contributed by atoms with Crippen LogP contribution < -0.4 is 0 Å². The van der Waals surface area contributed by atoms with E-state index in [-0.39, 0.29) is 18.1 Å². The summed E-state index contributed by atoms with van der Waals surface area (Å²) in [7, 11) is 0. The van der Waals surface area contributed by atoms with Crippen LogP contribution in [0.1, 0.15) is 39.5 Å². The Morgan fingerprint density at radius 1 is 1.05 bits per heavy atom. The van der Waals surface area contributed by atoms with E-state index >= 15 is 0 Å². The number of ether oxygens (including phenoxy) is 2. The van der Waals surface area contributed by atoms with E-state index in [4.69, 9.17) is 9.47 Å². The van der Waals surface area contributed by atoms with Gasteiger partial charge in [-0.3, -0.25) is 14.5 Å². The van der Waals surface area contributed by atoms with Gasteiger partial charge in [0, 0.05) is 37.3 Å². The predicted octanol–water partition coefficient (Wildman–Crippen LogP) is 2.18. The monoisotopic (exact) mass is 293 g/mol. The molecule has 2 amide bonds. The summed E-state index contributed by atoms with van der Waals surface area (Å²) in [5.74, 6) is -0.314. The number of likely N-dealkylation sites (tertiary alicyclic amines) is 1. The lowest BCUT2D eigenvalue weighted by Gasteiger charge is -2.18. The van der Waals surface area contributed by atoms with Gasteiger partial charge in [0.1, 0.15) is 0 Å². The Bertz CT molecular complexity index is 429. The first-order chi connectivity index (χ1) is 10.2. The fourth-order valence-electron chi connectivity index (χ4n) is 2.67. The molecule has 5 nitrogen and oxygen atoms in total. The van der Waals surface area contributed by atoms with Crippen LogP contribution in [0.5, 0.6) is 0 Å². The Hall–Kier alpha value is -1.46. The quantitative estimate of drug-likeness (QED) is 0.508. The molecule has 1 fully saturated rings. The Morgan fingerprint density at radius 2 is 1.57 bits per heavy atom. The van der Waals surface area contributed by atoms with Gasteiger partial charge >= 0.3 is 0 Å². The Morgan fingerprint density at radius 3 is 2.05 bits per heavy atom. The lowest BCUT2D eigenvalue weighted by atomic mass is 10.0. The van der Waals surface area contributed by atoms with Gasteiger partial charge in [0.2, 0.25) is 0 Å². The van der Waals surface area contributed by atoms with Crippen molar-refractivity contribution in [3.63, 3.8) is 0 Å². The van der Waals surface area contributed by atoms with Crippen LogP contribution in [-0.2, 0) is 19.1 Å². The van der Waals surface area contributed by atoms with Crippen molar-refractivity contribution in [1.82, 2.24) is 4.90 Å². The summed E-state index contributed by atoms with van der Waals surface area (Å²) in [4.78, 5) is 25.8. The molecule has 0 aromatic heterocycles. The van der Waals surface area contributed by atoms with Crippen LogP contribution in [0.15, 0.2) is 23.3 Å². The summed E-state index contributed by atoms with van der Waals surface area (Å²) in [5, 5.41) is 0. The van der Waals surface area contributed by atoms with E-state index < -0.39 is 0 Å². The van der Waals surface area contributed by atoms with E-state index in [9.17, 15) is 9.59 Å². The van der Waals surface area contributed by atoms with E-state index in [0.717, 1.165) is 12.8 Å². The Kier molecular flexibility index (Phi) is 5.70. The number of hydrogen-bond acceptors (Lipinski definition) is 4. The molecule has 5 heteroatoms. The largest absolute Gasteiger partial charge is 0.353 e. The molecule has 0 radical (unpaired) electrons. The summed E-state index contributed by atoms with van der Waals surface area (Å²) < 4.78 is 10.9. The number of amides is 2. The fourth-order valence-corrected chi connectivity index (χ4v) is 2.67. The fraction of sp³-hybridized carbons (Fsp3) is 0.625. The van der Waals surface area contributed by atoms with Gasteiger partial charge < -0.3 is 9.47 Å². The van der Waals surface area contributed by atoms with Crippen molar-refractivity contribution in [3.05, 3.63) is 23.3 Å². The van der Waals surface area contributed by atoms with E-state index in [1.807, 2.05) is 26.0 Å². The maximum Gasteiger partial charge on any atom is 0.261 e. The smallest absolute Gasteiger partial charge is 0.261 e. The first-order valence-electron chi connectivity index (χ1n) is 7.69. The number of rotatable bonds is 8. The minimum absolute atomic E-state index is 0.157. The van der Waals surface area contributed by atoms with Gasteiger partial charge in [0.15, 0.2) is 6.29 Å². The van der Waals surface area contributed by atoms with Crippen molar-refractivity contribution in [2.75, 3.05) is 19.8 Å². The van der Waals surface area contributed by atoms with Crippen LogP contribution in [0.3, 0.4) is 0 Å². The molecule has 2 rings (SSSR count). The number of hydrogen-bond donors (Lipinski definition) is 0. The number of carbonyl (C=O) groups is 2. The van der Waals surface area contributed by atoms with E-state index in [0.29, 0.717) is 43.7 Å². The van der Waals surface area contributed by atoms with Crippen molar-refractivity contribution in [2.24, 2.45) is 0 Å². The van der Waals surface area contributed by atoms with Gasteiger partial charge in [-0.1, -0.05) is 12.2 Å². The third kappa shape index (κ3) is 3.60. The van der Waals surface area contributed by atoms with Gasteiger partial charge in [-0.15, -0.1) is 0 Å².